The fraction of sp³-hybridized carbons (Fsp3) is 0.429. The summed E-state index contributed by atoms with van der Waals surface area (Å²) in [6.45, 7) is 5.64. The SMILES string of the molecule is CCC(O)c1c(O)ccc2c(=O)[nH]c(C(C)C)nc12. The van der Waals surface area contributed by atoms with E-state index in [0.29, 0.717) is 28.7 Å². The van der Waals surface area contributed by atoms with Crippen molar-refractivity contribution in [2.75, 3.05) is 0 Å². The van der Waals surface area contributed by atoms with Gasteiger partial charge < -0.3 is 15.2 Å². The predicted molar refractivity (Wildman–Crippen MR) is 73.4 cm³/mol. The van der Waals surface area contributed by atoms with Crippen LogP contribution in [0, 0.1) is 0 Å². The Bertz CT molecular complexity index is 662. The van der Waals surface area contributed by atoms with Crippen LogP contribution >= 0.6 is 0 Å². The van der Waals surface area contributed by atoms with E-state index in [-0.39, 0.29) is 17.2 Å². The average Bonchev–Trinajstić information content (AvgIpc) is 2.37. The summed E-state index contributed by atoms with van der Waals surface area (Å²) in [4.78, 5) is 19.1. The van der Waals surface area contributed by atoms with Crippen molar-refractivity contribution in [2.24, 2.45) is 0 Å². The second-order valence-corrected chi connectivity index (χ2v) is 4.92. The number of phenols is 1. The Hall–Kier alpha value is -1.88. The van der Waals surface area contributed by atoms with E-state index in [2.05, 4.69) is 9.97 Å². The van der Waals surface area contributed by atoms with E-state index in [0.717, 1.165) is 0 Å². The van der Waals surface area contributed by atoms with Gasteiger partial charge in [-0.3, -0.25) is 4.79 Å². The van der Waals surface area contributed by atoms with Crippen molar-refractivity contribution in [2.45, 2.75) is 39.2 Å². The van der Waals surface area contributed by atoms with Gasteiger partial charge in [-0.15, -0.1) is 0 Å². The van der Waals surface area contributed by atoms with Crippen LogP contribution in [0.5, 0.6) is 5.75 Å². The number of hydrogen-bond donors (Lipinski definition) is 3. The van der Waals surface area contributed by atoms with Crippen molar-refractivity contribution >= 4 is 10.9 Å². The van der Waals surface area contributed by atoms with Crippen molar-refractivity contribution < 1.29 is 10.2 Å². The van der Waals surface area contributed by atoms with Crippen LogP contribution in [0.3, 0.4) is 0 Å². The first-order valence-corrected chi connectivity index (χ1v) is 6.39. The second kappa shape index (κ2) is 5.01. The van der Waals surface area contributed by atoms with Crippen molar-refractivity contribution in [3.8, 4) is 5.75 Å². The monoisotopic (exact) mass is 262 g/mol. The number of benzene rings is 1. The molecule has 1 heterocycles. The zero-order valence-electron chi connectivity index (χ0n) is 11.3. The lowest BCUT2D eigenvalue weighted by Crippen LogP contribution is -2.14. The molecule has 0 saturated carbocycles. The third-order valence-corrected chi connectivity index (χ3v) is 3.18. The number of aliphatic hydroxyl groups excluding tert-OH is 1. The Morgan fingerprint density at radius 2 is 2.05 bits per heavy atom. The Morgan fingerprint density at radius 1 is 1.37 bits per heavy atom. The minimum atomic E-state index is -0.835. The zero-order chi connectivity index (χ0) is 14.2. The molecule has 0 radical (unpaired) electrons. The lowest BCUT2D eigenvalue weighted by Gasteiger charge is -2.14. The summed E-state index contributed by atoms with van der Waals surface area (Å²) in [5.74, 6) is 0.577. The fourth-order valence-corrected chi connectivity index (χ4v) is 2.04. The van der Waals surface area contributed by atoms with Gasteiger partial charge in [0, 0.05) is 11.5 Å². The summed E-state index contributed by atoms with van der Waals surface area (Å²) >= 11 is 0. The second-order valence-electron chi connectivity index (χ2n) is 4.92. The molecule has 2 aromatic rings. The van der Waals surface area contributed by atoms with Gasteiger partial charge in [0.15, 0.2) is 0 Å². The number of hydrogen-bond acceptors (Lipinski definition) is 4. The van der Waals surface area contributed by atoms with Crippen LogP contribution < -0.4 is 5.56 Å². The van der Waals surface area contributed by atoms with Crippen LogP contribution in [-0.2, 0) is 0 Å². The Kier molecular flexibility index (Phi) is 3.57. The van der Waals surface area contributed by atoms with Gasteiger partial charge in [0.1, 0.15) is 11.6 Å². The van der Waals surface area contributed by atoms with Gasteiger partial charge in [-0.05, 0) is 18.6 Å². The number of phenolic OH excluding ortho intramolecular Hbond substituents is 1. The number of aromatic hydroxyl groups is 1. The summed E-state index contributed by atoms with van der Waals surface area (Å²) in [5.41, 5.74) is 0.452. The molecule has 0 spiro atoms. The highest BCUT2D eigenvalue weighted by atomic mass is 16.3. The average molecular weight is 262 g/mol. The molecule has 0 aliphatic heterocycles. The lowest BCUT2D eigenvalue weighted by atomic mass is 10.0. The molecular formula is C14H18N2O3. The highest BCUT2D eigenvalue weighted by Crippen LogP contribution is 2.31. The highest BCUT2D eigenvalue weighted by molar-refractivity contribution is 5.83. The van der Waals surface area contributed by atoms with Gasteiger partial charge in [0.25, 0.3) is 5.56 Å². The molecule has 2 rings (SSSR count). The molecule has 0 fully saturated rings. The number of nitrogens with one attached hydrogen (secondary N) is 1. The zero-order valence-corrected chi connectivity index (χ0v) is 11.3. The van der Waals surface area contributed by atoms with Crippen LogP contribution in [0.25, 0.3) is 10.9 Å². The third-order valence-electron chi connectivity index (χ3n) is 3.18. The first-order chi connectivity index (χ1) is 8.95. The number of aromatic nitrogens is 2. The van der Waals surface area contributed by atoms with Gasteiger partial charge in [0.2, 0.25) is 0 Å². The Labute approximate surface area is 110 Å². The molecule has 1 unspecified atom stereocenters. The fourth-order valence-electron chi connectivity index (χ4n) is 2.04. The number of aromatic amines is 1. The quantitative estimate of drug-likeness (QED) is 0.791. The lowest BCUT2D eigenvalue weighted by molar-refractivity contribution is 0.171. The van der Waals surface area contributed by atoms with E-state index in [9.17, 15) is 15.0 Å². The maximum absolute atomic E-state index is 12.0. The first-order valence-electron chi connectivity index (χ1n) is 6.39. The van der Waals surface area contributed by atoms with Crippen molar-refractivity contribution in [3.63, 3.8) is 0 Å². The van der Waals surface area contributed by atoms with Crippen molar-refractivity contribution in [1.29, 1.82) is 0 Å². The molecular weight excluding hydrogens is 244 g/mol. The highest BCUT2D eigenvalue weighted by Gasteiger charge is 2.18. The maximum Gasteiger partial charge on any atom is 0.258 e. The van der Waals surface area contributed by atoms with E-state index in [4.69, 9.17) is 0 Å². The van der Waals surface area contributed by atoms with Crippen LogP contribution in [0.1, 0.15) is 50.6 Å². The normalized spacial score (nSPS) is 13.1. The van der Waals surface area contributed by atoms with Crippen molar-refractivity contribution in [3.05, 3.63) is 33.9 Å². The minimum absolute atomic E-state index is 0.0327. The molecule has 1 aromatic carbocycles. The summed E-state index contributed by atoms with van der Waals surface area (Å²) in [6.07, 6.45) is -0.393. The Balaban J connectivity index is 2.86. The molecule has 0 saturated heterocycles. The molecule has 1 atom stereocenters. The minimum Gasteiger partial charge on any atom is -0.507 e. The molecule has 0 amide bonds. The topological polar surface area (TPSA) is 86.2 Å². The molecule has 0 aliphatic carbocycles. The van der Waals surface area contributed by atoms with Gasteiger partial charge in [0.05, 0.1) is 17.0 Å². The standard InChI is InChI=1S/C14H18N2O3/c1-4-9(17)11-10(18)6-5-8-12(11)15-13(7(2)3)16-14(8)19/h5-7,9,17-18H,4H2,1-3H3,(H,15,16,19). The molecule has 5 nitrogen and oxygen atoms in total. The van der Waals surface area contributed by atoms with E-state index < -0.39 is 6.10 Å². The molecule has 5 heteroatoms. The van der Waals surface area contributed by atoms with Gasteiger partial charge in [-0.25, -0.2) is 4.98 Å². The van der Waals surface area contributed by atoms with Crippen LogP contribution in [0.15, 0.2) is 16.9 Å². The van der Waals surface area contributed by atoms with E-state index in [1.807, 2.05) is 13.8 Å². The van der Waals surface area contributed by atoms with Gasteiger partial charge >= 0.3 is 0 Å². The number of H-pyrrole nitrogens is 1. The number of nitrogens with zero attached hydrogens (tertiary/aromatic N) is 1. The van der Waals surface area contributed by atoms with Crippen LogP contribution in [-0.4, -0.2) is 20.2 Å². The summed E-state index contributed by atoms with van der Waals surface area (Å²) in [5, 5.41) is 20.3. The molecule has 1 aromatic heterocycles. The summed E-state index contributed by atoms with van der Waals surface area (Å²) in [7, 11) is 0. The van der Waals surface area contributed by atoms with E-state index >= 15 is 0 Å². The molecule has 0 aliphatic rings. The van der Waals surface area contributed by atoms with E-state index in [1.165, 1.54) is 12.1 Å². The predicted octanol–water partition coefficient (Wildman–Crippen LogP) is 2.20. The smallest absolute Gasteiger partial charge is 0.258 e. The number of aliphatic hydroxyl groups is 1. The summed E-state index contributed by atoms with van der Waals surface area (Å²) < 4.78 is 0. The van der Waals surface area contributed by atoms with Crippen molar-refractivity contribution in [1.82, 2.24) is 9.97 Å². The molecule has 0 bridgehead atoms. The molecule has 102 valence electrons. The van der Waals surface area contributed by atoms with E-state index in [1.54, 1.807) is 6.92 Å². The summed E-state index contributed by atoms with van der Waals surface area (Å²) in [6, 6.07) is 2.94. The first kappa shape index (κ1) is 13.5. The maximum atomic E-state index is 12.0. The largest absolute Gasteiger partial charge is 0.507 e. The molecule has 3 N–H and O–H groups in total. The van der Waals surface area contributed by atoms with Crippen LogP contribution in [0.4, 0.5) is 0 Å². The third kappa shape index (κ3) is 2.33. The van der Waals surface area contributed by atoms with Gasteiger partial charge in [-0.1, -0.05) is 20.8 Å². The number of rotatable bonds is 3. The molecule has 19 heavy (non-hydrogen) atoms. The Morgan fingerprint density at radius 3 is 2.63 bits per heavy atom. The van der Waals surface area contributed by atoms with Gasteiger partial charge in [-0.2, -0.15) is 0 Å². The number of fused-ring (bicyclic) bond motifs is 1. The van der Waals surface area contributed by atoms with Crippen LogP contribution in [0.2, 0.25) is 0 Å².